The van der Waals surface area contributed by atoms with Gasteiger partial charge in [-0.2, -0.15) is 5.26 Å². The summed E-state index contributed by atoms with van der Waals surface area (Å²) in [5, 5.41) is 19.6. The number of benzene rings is 2. The maximum atomic E-state index is 14.1. The van der Waals surface area contributed by atoms with Crippen molar-refractivity contribution in [2.24, 2.45) is 0 Å². The molecule has 0 fully saturated rings. The van der Waals surface area contributed by atoms with Gasteiger partial charge in [0.25, 0.3) is 5.69 Å². The van der Waals surface area contributed by atoms with E-state index in [9.17, 15) is 14.5 Å². The molecule has 2 aromatic rings. The molecule has 0 unspecified atom stereocenters. The summed E-state index contributed by atoms with van der Waals surface area (Å²) in [5.74, 6) is -0.451. The number of hydrogen-bond donors (Lipinski definition) is 0. The van der Waals surface area contributed by atoms with Crippen molar-refractivity contribution in [3.63, 3.8) is 0 Å². The normalized spacial score (nSPS) is 13.4. The Balaban J connectivity index is 1.92. The molecule has 2 aromatic carbocycles. The lowest BCUT2D eigenvalue weighted by Crippen LogP contribution is -2.31. The van der Waals surface area contributed by atoms with Crippen LogP contribution in [0.2, 0.25) is 0 Å². The lowest BCUT2D eigenvalue weighted by molar-refractivity contribution is -0.384. The van der Waals surface area contributed by atoms with Crippen LogP contribution in [0, 0.1) is 27.3 Å². The fourth-order valence-corrected chi connectivity index (χ4v) is 2.70. The van der Waals surface area contributed by atoms with E-state index in [2.05, 4.69) is 0 Å². The van der Waals surface area contributed by atoms with Crippen molar-refractivity contribution in [1.29, 1.82) is 5.26 Å². The van der Waals surface area contributed by atoms with E-state index in [0.29, 0.717) is 25.2 Å². The number of nitro benzene ring substituents is 1. The molecule has 0 saturated carbocycles. The second kappa shape index (κ2) is 5.45. The third kappa shape index (κ3) is 2.49. The molecule has 110 valence electrons. The van der Waals surface area contributed by atoms with Crippen LogP contribution in [-0.4, -0.2) is 11.5 Å². The Hall–Kier alpha value is -2.94. The molecule has 0 N–H and O–H groups in total. The predicted molar refractivity (Wildman–Crippen MR) is 79.0 cm³/mol. The van der Waals surface area contributed by atoms with Gasteiger partial charge in [-0.05, 0) is 35.7 Å². The topological polar surface area (TPSA) is 70.2 Å². The van der Waals surface area contributed by atoms with Gasteiger partial charge in [-0.1, -0.05) is 6.07 Å². The quantitative estimate of drug-likeness (QED) is 0.630. The van der Waals surface area contributed by atoms with Crippen LogP contribution in [0.3, 0.4) is 0 Å². The van der Waals surface area contributed by atoms with Crippen molar-refractivity contribution in [3.05, 3.63) is 69.0 Å². The fourth-order valence-electron chi connectivity index (χ4n) is 2.70. The van der Waals surface area contributed by atoms with Crippen LogP contribution in [0.4, 0.5) is 15.8 Å². The van der Waals surface area contributed by atoms with Gasteiger partial charge in [0.2, 0.25) is 0 Å². The van der Waals surface area contributed by atoms with E-state index in [1.807, 2.05) is 11.0 Å². The minimum Gasteiger partial charge on any atom is -0.364 e. The summed E-state index contributed by atoms with van der Waals surface area (Å²) in [5.41, 5.74) is 2.62. The molecule has 3 rings (SSSR count). The average molecular weight is 297 g/mol. The van der Waals surface area contributed by atoms with Crippen LogP contribution in [-0.2, 0) is 13.0 Å². The van der Waals surface area contributed by atoms with Crippen LogP contribution in [0.1, 0.15) is 16.7 Å². The van der Waals surface area contributed by atoms with E-state index in [0.717, 1.165) is 11.1 Å². The molecule has 22 heavy (non-hydrogen) atoms. The standard InChI is InChI=1S/C16H12FN3O2/c17-15-7-11(9-18)1-4-16(15)19-6-5-12-2-3-14(20(21)22)8-13(12)10-19/h1-4,7-8H,5-6,10H2. The number of anilines is 1. The number of non-ortho nitro benzene ring substituents is 1. The molecule has 6 heteroatoms. The Morgan fingerprint density at radius 1 is 1.23 bits per heavy atom. The van der Waals surface area contributed by atoms with Crippen LogP contribution < -0.4 is 4.90 Å². The van der Waals surface area contributed by atoms with Crippen molar-refractivity contribution in [3.8, 4) is 6.07 Å². The Bertz CT molecular complexity index is 798. The second-order valence-corrected chi connectivity index (χ2v) is 5.16. The first kappa shape index (κ1) is 14.0. The SMILES string of the molecule is N#Cc1ccc(N2CCc3ccc([N+](=O)[O-])cc3C2)c(F)c1. The lowest BCUT2D eigenvalue weighted by atomic mass is 9.98. The molecule has 0 aliphatic carbocycles. The molecule has 0 radical (unpaired) electrons. The molecule has 0 bridgehead atoms. The highest BCUT2D eigenvalue weighted by Crippen LogP contribution is 2.29. The van der Waals surface area contributed by atoms with E-state index in [4.69, 9.17) is 5.26 Å². The van der Waals surface area contributed by atoms with E-state index in [-0.39, 0.29) is 11.3 Å². The first-order valence-corrected chi connectivity index (χ1v) is 6.79. The monoisotopic (exact) mass is 297 g/mol. The van der Waals surface area contributed by atoms with Gasteiger partial charge in [-0.3, -0.25) is 10.1 Å². The maximum Gasteiger partial charge on any atom is 0.269 e. The van der Waals surface area contributed by atoms with Crippen molar-refractivity contribution >= 4 is 11.4 Å². The van der Waals surface area contributed by atoms with E-state index in [1.165, 1.54) is 12.1 Å². The van der Waals surface area contributed by atoms with E-state index >= 15 is 0 Å². The molecule has 0 amide bonds. The van der Waals surface area contributed by atoms with Crippen molar-refractivity contribution < 1.29 is 9.31 Å². The van der Waals surface area contributed by atoms with Crippen LogP contribution in [0.25, 0.3) is 0 Å². The number of nitrogens with zero attached hydrogens (tertiary/aromatic N) is 3. The van der Waals surface area contributed by atoms with Crippen molar-refractivity contribution in [1.82, 2.24) is 0 Å². The molecular formula is C16H12FN3O2. The average Bonchev–Trinajstić information content (AvgIpc) is 2.53. The number of rotatable bonds is 2. The molecule has 1 aliphatic rings. The fraction of sp³-hybridized carbons (Fsp3) is 0.188. The summed E-state index contributed by atoms with van der Waals surface area (Å²) in [4.78, 5) is 12.3. The zero-order valence-corrected chi connectivity index (χ0v) is 11.6. The van der Waals surface area contributed by atoms with Gasteiger partial charge in [0.05, 0.1) is 22.2 Å². The minimum atomic E-state index is -0.451. The van der Waals surface area contributed by atoms with Crippen LogP contribution in [0.5, 0.6) is 0 Å². The van der Waals surface area contributed by atoms with Gasteiger partial charge in [0.15, 0.2) is 0 Å². The Morgan fingerprint density at radius 2 is 2.05 bits per heavy atom. The lowest BCUT2D eigenvalue weighted by Gasteiger charge is -2.30. The first-order valence-electron chi connectivity index (χ1n) is 6.79. The molecule has 1 aliphatic heterocycles. The highest BCUT2D eigenvalue weighted by atomic mass is 19.1. The summed E-state index contributed by atoms with van der Waals surface area (Å²) >= 11 is 0. The summed E-state index contributed by atoms with van der Waals surface area (Å²) in [6, 6.07) is 11.1. The van der Waals surface area contributed by atoms with E-state index < -0.39 is 10.7 Å². The van der Waals surface area contributed by atoms with Gasteiger partial charge < -0.3 is 4.90 Å². The number of halogens is 1. The molecule has 0 aromatic heterocycles. The largest absolute Gasteiger partial charge is 0.364 e. The number of nitriles is 1. The van der Waals surface area contributed by atoms with Crippen molar-refractivity contribution in [2.45, 2.75) is 13.0 Å². The Labute approximate surface area is 126 Å². The summed E-state index contributed by atoms with van der Waals surface area (Å²) in [6.07, 6.45) is 0.701. The van der Waals surface area contributed by atoms with Crippen LogP contribution >= 0.6 is 0 Å². The molecule has 1 heterocycles. The van der Waals surface area contributed by atoms with Gasteiger partial charge in [0.1, 0.15) is 5.82 Å². The molecule has 0 saturated heterocycles. The third-order valence-corrected chi connectivity index (χ3v) is 3.83. The summed E-state index contributed by atoms with van der Waals surface area (Å²) in [6.45, 7) is 1.05. The second-order valence-electron chi connectivity index (χ2n) is 5.16. The molecule has 0 atom stereocenters. The minimum absolute atomic E-state index is 0.0425. The summed E-state index contributed by atoms with van der Waals surface area (Å²) in [7, 11) is 0. The van der Waals surface area contributed by atoms with E-state index in [1.54, 1.807) is 24.3 Å². The van der Waals surface area contributed by atoms with Crippen LogP contribution in [0.15, 0.2) is 36.4 Å². The Kier molecular flexibility index (Phi) is 3.47. The zero-order valence-electron chi connectivity index (χ0n) is 11.6. The third-order valence-electron chi connectivity index (χ3n) is 3.83. The smallest absolute Gasteiger partial charge is 0.269 e. The molecular weight excluding hydrogens is 285 g/mol. The van der Waals surface area contributed by atoms with Crippen molar-refractivity contribution in [2.75, 3.05) is 11.4 Å². The highest BCUT2D eigenvalue weighted by molar-refractivity contribution is 5.54. The zero-order chi connectivity index (χ0) is 15.7. The molecule has 0 spiro atoms. The van der Waals surface area contributed by atoms with Gasteiger partial charge in [-0.25, -0.2) is 4.39 Å². The Morgan fingerprint density at radius 3 is 2.73 bits per heavy atom. The first-order chi connectivity index (χ1) is 10.6. The highest BCUT2D eigenvalue weighted by Gasteiger charge is 2.21. The molecule has 5 nitrogen and oxygen atoms in total. The summed E-state index contributed by atoms with van der Waals surface area (Å²) < 4.78 is 14.1. The number of hydrogen-bond acceptors (Lipinski definition) is 4. The van der Waals surface area contributed by atoms with Gasteiger partial charge in [-0.15, -0.1) is 0 Å². The number of nitro groups is 1. The predicted octanol–water partition coefficient (Wildman–Crippen LogP) is 3.17. The van der Waals surface area contributed by atoms with Gasteiger partial charge in [0, 0.05) is 25.2 Å². The number of fused-ring (bicyclic) bond motifs is 1. The maximum absolute atomic E-state index is 14.1. The van der Waals surface area contributed by atoms with Gasteiger partial charge >= 0.3 is 0 Å².